The van der Waals surface area contributed by atoms with Crippen LogP contribution in [0.2, 0.25) is 0 Å². The van der Waals surface area contributed by atoms with E-state index in [1.807, 2.05) is 34.6 Å². The molecule has 0 aliphatic heterocycles. The largest absolute Gasteiger partial charge is 0.444 e. The number of nitrogens with one attached hydrogen (secondary N) is 2. The second kappa shape index (κ2) is 7.81. The first-order valence-electron chi connectivity index (χ1n) is 8.12. The Kier molecular flexibility index (Phi) is 6.66. The fourth-order valence-electron chi connectivity index (χ4n) is 2.86. The third-order valence-corrected chi connectivity index (χ3v) is 3.93. The predicted molar refractivity (Wildman–Crippen MR) is 86.3 cm³/mol. The monoisotopic (exact) mass is 313 g/mol. The van der Waals surface area contributed by atoms with Gasteiger partial charge in [0.05, 0.1) is 6.04 Å². The van der Waals surface area contributed by atoms with Crippen LogP contribution in [0.25, 0.3) is 0 Å². The number of amides is 2. The SMILES string of the molecule is CC(C)C(NC1CCCC1CNC(=O)OC(C)(C)C)C(N)=O. The molecule has 6 nitrogen and oxygen atoms in total. The molecule has 22 heavy (non-hydrogen) atoms. The van der Waals surface area contributed by atoms with Crippen molar-refractivity contribution in [1.82, 2.24) is 10.6 Å². The Balaban J connectivity index is 2.49. The molecule has 0 radical (unpaired) electrons. The summed E-state index contributed by atoms with van der Waals surface area (Å²) in [5.41, 5.74) is 4.97. The van der Waals surface area contributed by atoms with Gasteiger partial charge in [-0.1, -0.05) is 20.3 Å². The van der Waals surface area contributed by atoms with Crippen LogP contribution in [0, 0.1) is 11.8 Å². The van der Waals surface area contributed by atoms with Crippen LogP contribution >= 0.6 is 0 Å². The quantitative estimate of drug-likeness (QED) is 0.697. The normalized spacial score (nSPS) is 23.4. The summed E-state index contributed by atoms with van der Waals surface area (Å²) in [5, 5.41) is 6.20. The van der Waals surface area contributed by atoms with E-state index in [0.717, 1.165) is 19.3 Å². The second-order valence-corrected chi connectivity index (χ2v) is 7.47. The van der Waals surface area contributed by atoms with Gasteiger partial charge in [-0.2, -0.15) is 0 Å². The lowest BCUT2D eigenvalue weighted by Gasteiger charge is -2.28. The number of alkyl carbamates (subject to hydrolysis) is 1. The number of hydrogen-bond acceptors (Lipinski definition) is 4. The number of hydrogen-bond donors (Lipinski definition) is 3. The van der Waals surface area contributed by atoms with E-state index in [0.29, 0.717) is 12.5 Å². The molecule has 0 bridgehead atoms. The molecule has 1 rings (SSSR count). The minimum absolute atomic E-state index is 0.151. The fourth-order valence-corrected chi connectivity index (χ4v) is 2.86. The summed E-state index contributed by atoms with van der Waals surface area (Å²) in [6.07, 6.45) is 2.71. The van der Waals surface area contributed by atoms with Gasteiger partial charge in [0.2, 0.25) is 5.91 Å². The predicted octanol–water partition coefficient (Wildman–Crippen LogP) is 1.78. The summed E-state index contributed by atoms with van der Waals surface area (Å²) < 4.78 is 5.25. The summed E-state index contributed by atoms with van der Waals surface area (Å²) in [4.78, 5) is 23.3. The minimum atomic E-state index is -0.494. The number of primary amides is 1. The van der Waals surface area contributed by atoms with Crippen LogP contribution < -0.4 is 16.4 Å². The zero-order valence-electron chi connectivity index (χ0n) is 14.4. The molecule has 6 heteroatoms. The third kappa shape index (κ3) is 6.22. The van der Waals surface area contributed by atoms with Gasteiger partial charge in [-0.3, -0.25) is 4.79 Å². The Morgan fingerprint density at radius 3 is 2.41 bits per heavy atom. The molecule has 3 atom stereocenters. The van der Waals surface area contributed by atoms with E-state index in [1.54, 1.807) is 0 Å². The average Bonchev–Trinajstić information content (AvgIpc) is 2.77. The van der Waals surface area contributed by atoms with Gasteiger partial charge in [-0.05, 0) is 45.4 Å². The summed E-state index contributed by atoms with van der Waals surface area (Å²) in [6.45, 7) is 10.0. The first-order chi connectivity index (χ1) is 10.1. The van der Waals surface area contributed by atoms with Crippen molar-refractivity contribution < 1.29 is 14.3 Å². The van der Waals surface area contributed by atoms with Gasteiger partial charge in [-0.15, -0.1) is 0 Å². The van der Waals surface area contributed by atoms with Crippen molar-refractivity contribution >= 4 is 12.0 Å². The molecule has 2 amide bonds. The lowest BCUT2D eigenvalue weighted by Crippen LogP contribution is -2.51. The van der Waals surface area contributed by atoms with E-state index < -0.39 is 11.7 Å². The van der Waals surface area contributed by atoms with Crippen molar-refractivity contribution in [3.8, 4) is 0 Å². The summed E-state index contributed by atoms with van der Waals surface area (Å²) >= 11 is 0. The molecule has 0 aromatic heterocycles. The molecule has 1 fully saturated rings. The summed E-state index contributed by atoms with van der Waals surface area (Å²) in [5.74, 6) is 0.131. The standard InChI is InChI=1S/C16H31N3O3/c1-10(2)13(14(17)20)19-12-8-6-7-11(12)9-18-15(21)22-16(3,4)5/h10-13,19H,6-9H2,1-5H3,(H2,17,20)(H,18,21). The van der Waals surface area contributed by atoms with Gasteiger partial charge in [0.15, 0.2) is 0 Å². The van der Waals surface area contributed by atoms with Crippen LogP contribution in [0.5, 0.6) is 0 Å². The Hall–Kier alpha value is -1.30. The Morgan fingerprint density at radius 2 is 1.91 bits per heavy atom. The van der Waals surface area contributed by atoms with Crippen molar-refractivity contribution in [2.24, 2.45) is 17.6 Å². The van der Waals surface area contributed by atoms with Crippen molar-refractivity contribution in [3.63, 3.8) is 0 Å². The van der Waals surface area contributed by atoms with E-state index in [4.69, 9.17) is 10.5 Å². The van der Waals surface area contributed by atoms with Crippen LogP contribution in [0.3, 0.4) is 0 Å². The molecule has 3 unspecified atom stereocenters. The zero-order valence-corrected chi connectivity index (χ0v) is 14.4. The minimum Gasteiger partial charge on any atom is -0.444 e. The maximum absolute atomic E-state index is 11.7. The van der Waals surface area contributed by atoms with Crippen LogP contribution in [-0.2, 0) is 9.53 Å². The molecule has 1 aliphatic rings. The van der Waals surface area contributed by atoms with E-state index in [-0.39, 0.29) is 23.9 Å². The molecule has 4 N–H and O–H groups in total. The van der Waals surface area contributed by atoms with Gasteiger partial charge in [0, 0.05) is 12.6 Å². The maximum Gasteiger partial charge on any atom is 0.407 e. The lowest BCUT2D eigenvalue weighted by molar-refractivity contribution is -0.121. The molecule has 0 heterocycles. The molecule has 0 saturated heterocycles. The average molecular weight is 313 g/mol. The highest BCUT2D eigenvalue weighted by Gasteiger charge is 2.32. The second-order valence-electron chi connectivity index (χ2n) is 7.47. The number of carbonyl (C=O) groups excluding carboxylic acids is 2. The lowest BCUT2D eigenvalue weighted by atomic mass is 9.98. The molecule has 0 spiro atoms. The Bertz CT molecular complexity index is 391. The van der Waals surface area contributed by atoms with E-state index in [9.17, 15) is 9.59 Å². The molecule has 0 aromatic rings. The van der Waals surface area contributed by atoms with Gasteiger partial charge in [0.1, 0.15) is 5.60 Å². The molecule has 128 valence electrons. The van der Waals surface area contributed by atoms with Crippen LogP contribution in [0.15, 0.2) is 0 Å². The molecule has 1 aliphatic carbocycles. The van der Waals surface area contributed by atoms with Crippen molar-refractivity contribution in [2.75, 3.05) is 6.54 Å². The van der Waals surface area contributed by atoms with Gasteiger partial charge >= 0.3 is 6.09 Å². The number of ether oxygens (including phenoxy) is 1. The summed E-state index contributed by atoms with van der Waals surface area (Å²) in [6, 6.07) is -0.123. The van der Waals surface area contributed by atoms with E-state index >= 15 is 0 Å². The van der Waals surface area contributed by atoms with Crippen LogP contribution in [0.1, 0.15) is 53.9 Å². The van der Waals surface area contributed by atoms with E-state index in [1.165, 1.54) is 0 Å². The topological polar surface area (TPSA) is 93.4 Å². The number of carbonyl (C=O) groups is 2. The number of rotatable bonds is 6. The van der Waals surface area contributed by atoms with Crippen molar-refractivity contribution in [3.05, 3.63) is 0 Å². The highest BCUT2D eigenvalue weighted by Crippen LogP contribution is 2.26. The third-order valence-electron chi connectivity index (χ3n) is 3.93. The van der Waals surface area contributed by atoms with Gasteiger partial charge in [-0.25, -0.2) is 4.79 Å². The van der Waals surface area contributed by atoms with Gasteiger partial charge in [0.25, 0.3) is 0 Å². The highest BCUT2D eigenvalue weighted by molar-refractivity contribution is 5.80. The van der Waals surface area contributed by atoms with Crippen molar-refractivity contribution in [1.29, 1.82) is 0 Å². The van der Waals surface area contributed by atoms with E-state index in [2.05, 4.69) is 10.6 Å². The molecule has 1 saturated carbocycles. The van der Waals surface area contributed by atoms with Crippen LogP contribution in [-0.4, -0.2) is 36.2 Å². The molecular weight excluding hydrogens is 282 g/mol. The summed E-state index contributed by atoms with van der Waals surface area (Å²) in [7, 11) is 0. The molecular formula is C16H31N3O3. The maximum atomic E-state index is 11.7. The Morgan fingerprint density at radius 1 is 1.27 bits per heavy atom. The Labute approximate surface area is 133 Å². The van der Waals surface area contributed by atoms with Crippen molar-refractivity contribution in [2.45, 2.75) is 71.6 Å². The molecule has 0 aromatic carbocycles. The fraction of sp³-hybridized carbons (Fsp3) is 0.875. The first kappa shape index (κ1) is 18.7. The zero-order chi connectivity index (χ0) is 16.9. The number of nitrogens with two attached hydrogens (primary N) is 1. The van der Waals surface area contributed by atoms with Crippen LogP contribution in [0.4, 0.5) is 4.79 Å². The first-order valence-corrected chi connectivity index (χ1v) is 8.12. The van der Waals surface area contributed by atoms with Gasteiger partial charge < -0.3 is 21.1 Å². The smallest absolute Gasteiger partial charge is 0.407 e. The highest BCUT2D eigenvalue weighted by atomic mass is 16.6.